The molecule has 0 saturated carbocycles. The van der Waals surface area contributed by atoms with Gasteiger partial charge in [-0.1, -0.05) is 12.1 Å². The van der Waals surface area contributed by atoms with E-state index in [1.165, 1.54) is 12.1 Å². The number of nitrogens with one attached hydrogen (secondary N) is 1. The maximum Gasteiger partial charge on any atom is 0.256 e. The Labute approximate surface area is 157 Å². The molecule has 1 amide bonds. The third kappa shape index (κ3) is 4.53. The summed E-state index contributed by atoms with van der Waals surface area (Å²) in [4.78, 5) is 16.6. The second-order valence-electron chi connectivity index (χ2n) is 5.99. The number of ether oxygens (including phenoxy) is 1. The molecule has 0 saturated heterocycles. The van der Waals surface area contributed by atoms with Crippen LogP contribution in [0.3, 0.4) is 0 Å². The Morgan fingerprint density at radius 2 is 1.85 bits per heavy atom. The zero-order chi connectivity index (χ0) is 19.4. The molecule has 0 radical (unpaired) electrons. The van der Waals surface area contributed by atoms with Gasteiger partial charge in [-0.15, -0.1) is 0 Å². The summed E-state index contributed by atoms with van der Waals surface area (Å²) in [5.41, 5.74) is 0.641. The minimum absolute atomic E-state index is 0.00230. The lowest BCUT2D eigenvalue weighted by molar-refractivity contribution is 0.102. The number of rotatable bonds is 6. The number of sulfone groups is 1. The zero-order valence-electron chi connectivity index (χ0n) is 14.9. The molecular weight excluding hydrogens is 366 g/mol. The average molecular weight is 385 g/mol. The number of hydrogen-bond donors (Lipinski definition) is 1. The number of amides is 1. The van der Waals surface area contributed by atoms with Gasteiger partial charge in [0.05, 0.1) is 10.5 Å². The summed E-state index contributed by atoms with van der Waals surface area (Å²) in [5, 5.41) is 2.70. The number of anilines is 1. The van der Waals surface area contributed by atoms with Crippen molar-refractivity contribution in [2.75, 3.05) is 11.6 Å². The second kappa shape index (κ2) is 7.63. The zero-order valence-corrected chi connectivity index (χ0v) is 15.7. The Morgan fingerprint density at radius 3 is 2.48 bits per heavy atom. The van der Waals surface area contributed by atoms with Gasteiger partial charge in [-0.3, -0.25) is 4.79 Å². The van der Waals surface area contributed by atoms with Crippen molar-refractivity contribution in [1.29, 1.82) is 0 Å². The SMILES string of the molecule is Cn1ccnc1COc1ccc(NC(=O)c2ccccc2S(C)(=O)=O)cc1. The molecule has 2 aromatic carbocycles. The molecule has 0 aliphatic heterocycles. The Balaban J connectivity index is 1.68. The van der Waals surface area contributed by atoms with Crippen LogP contribution in [0.2, 0.25) is 0 Å². The Morgan fingerprint density at radius 1 is 1.15 bits per heavy atom. The van der Waals surface area contributed by atoms with Crippen LogP contribution < -0.4 is 10.1 Å². The maximum absolute atomic E-state index is 12.5. The normalized spacial score (nSPS) is 11.2. The van der Waals surface area contributed by atoms with Crippen LogP contribution in [0.25, 0.3) is 0 Å². The molecule has 0 spiro atoms. The molecular formula is C19H19N3O4S. The number of benzene rings is 2. The average Bonchev–Trinajstić information content (AvgIpc) is 3.05. The van der Waals surface area contributed by atoms with Crippen molar-refractivity contribution in [2.24, 2.45) is 7.05 Å². The number of hydrogen-bond acceptors (Lipinski definition) is 5. The summed E-state index contributed by atoms with van der Waals surface area (Å²) in [6, 6.07) is 12.9. The maximum atomic E-state index is 12.5. The number of aryl methyl sites for hydroxylation is 1. The molecule has 3 rings (SSSR count). The predicted molar refractivity (Wildman–Crippen MR) is 101 cm³/mol. The number of aromatic nitrogens is 2. The van der Waals surface area contributed by atoms with E-state index < -0.39 is 15.7 Å². The fourth-order valence-electron chi connectivity index (χ4n) is 2.49. The summed E-state index contributed by atoms with van der Waals surface area (Å²) in [6.45, 7) is 0.330. The summed E-state index contributed by atoms with van der Waals surface area (Å²) in [6.07, 6.45) is 4.62. The van der Waals surface area contributed by atoms with Crippen LogP contribution in [-0.2, 0) is 23.5 Å². The first-order valence-corrected chi connectivity index (χ1v) is 10.0. The topological polar surface area (TPSA) is 90.3 Å². The molecule has 0 fully saturated rings. The molecule has 1 aromatic heterocycles. The van der Waals surface area contributed by atoms with E-state index in [1.54, 1.807) is 42.6 Å². The summed E-state index contributed by atoms with van der Waals surface area (Å²) >= 11 is 0. The minimum atomic E-state index is -3.50. The molecule has 0 atom stereocenters. The lowest BCUT2D eigenvalue weighted by Gasteiger charge is -2.10. The molecule has 140 valence electrons. The molecule has 27 heavy (non-hydrogen) atoms. The quantitative estimate of drug-likeness (QED) is 0.704. The highest BCUT2D eigenvalue weighted by atomic mass is 32.2. The van der Waals surface area contributed by atoms with Gasteiger partial charge in [0.15, 0.2) is 9.84 Å². The molecule has 7 nitrogen and oxygen atoms in total. The summed E-state index contributed by atoms with van der Waals surface area (Å²) in [5.74, 6) is 0.940. The van der Waals surface area contributed by atoms with Crippen molar-refractivity contribution < 1.29 is 17.9 Å². The van der Waals surface area contributed by atoms with Gasteiger partial charge >= 0.3 is 0 Å². The van der Waals surface area contributed by atoms with Crippen molar-refractivity contribution in [3.8, 4) is 5.75 Å². The lowest BCUT2D eigenvalue weighted by Crippen LogP contribution is -2.16. The van der Waals surface area contributed by atoms with E-state index in [-0.39, 0.29) is 10.5 Å². The van der Waals surface area contributed by atoms with Gasteiger partial charge < -0.3 is 14.6 Å². The first-order valence-electron chi connectivity index (χ1n) is 8.14. The molecule has 0 unspecified atom stereocenters. The van der Waals surface area contributed by atoms with Crippen molar-refractivity contribution in [3.63, 3.8) is 0 Å². The van der Waals surface area contributed by atoms with E-state index in [1.807, 2.05) is 17.8 Å². The summed E-state index contributed by atoms with van der Waals surface area (Å²) < 4.78 is 31.2. The summed E-state index contributed by atoms with van der Waals surface area (Å²) in [7, 11) is -1.61. The van der Waals surface area contributed by atoms with E-state index in [0.29, 0.717) is 18.0 Å². The molecule has 1 N–H and O–H groups in total. The van der Waals surface area contributed by atoms with Gasteiger partial charge in [0.2, 0.25) is 0 Å². The Hall–Kier alpha value is -3.13. The van der Waals surface area contributed by atoms with E-state index in [0.717, 1.165) is 12.1 Å². The van der Waals surface area contributed by atoms with Crippen LogP contribution in [0, 0.1) is 0 Å². The first kappa shape index (κ1) is 18.7. The van der Waals surface area contributed by atoms with Crippen molar-refractivity contribution in [1.82, 2.24) is 9.55 Å². The van der Waals surface area contributed by atoms with Crippen LogP contribution in [0.1, 0.15) is 16.2 Å². The highest BCUT2D eigenvalue weighted by molar-refractivity contribution is 7.90. The van der Waals surface area contributed by atoms with Crippen LogP contribution in [0.4, 0.5) is 5.69 Å². The van der Waals surface area contributed by atoms with E-state index in [2.05, 4.69) is 10.3 Å². The number of carbonyl (C=O) groups is 1. The van der Waals surface area contributed by atoms with E-state index in [9.17, 15) is 13.2 Å². The smallest absolute Gasteiger partial charge is 0.256 e. The third-order valence-electron chi connectivity index (χ3n) is 3.93. The molecule has 1 heterocycles. The van der Waals surface area contributed by atoms with Crippen LogP contribution in [0.15, 0.2) is 65.8 Å². The monoisotopic (exact) mass is 385 g/mol. The fraction of sp³-hybridized carbons (Fsp3) is 0.158. The van der Waals surface area contributed by atoms with Gasteiger partial charge in [-0.25, -0.2) is 13.4 Å². The molecule has 8 heteroatoms. The molecule has 3 aromatic rings. The highest BCUT2D eigenvalue weighted by Crippen LogP contribution is 2.20. The minimum Gasteiger partial charge on any atom is -0.486 e. The van der Waals surface area contributed by atoms with Crippen LogP contribution >= 0.6 is 0 Å². The largest absolute Gasteiger partial charge is 0.486 e. The van der Waals surface area contributed by atoms with Crippen molar-refractivity contribution in [3.05, 3.63) is 72.3 Å². The number of nitrogens with zero attached hydrogens (tertiary/aromatic N) is 2. The Bertz CT molecular complexity index is 1060. The highest BCUT2D eigenvalue weighted by Gasteiger charge is 2.18. The lowest BCUT2D eigenvalue weighted by atomic mass is 10.2. The standard InChI is InChI=1S/C19H19N3O4S/c1-22-12-11-20-18(22)13-26-15-9-7-14(8-10-15)21-19(23)16-5-3-4-6-17(16)27(2,24)25/h3-12H,13H2,1-2H3,(H,21,23). The van der Waals surface area contributed by atoms with Crippen molar-refractivity contribution in [2.45, 2.75) is 11.5 Å². The van der Waals surface area contributed by atoms with Crippen LogP contribution in [0.5, 0.6) is 5.75 Å². The fourth-order valence-corrected chi connectivity index (χ4v) is 3.38. The molecule has 0 aliphatic rings. The predicted octanol–water partition coefficient (Wildman–Crippen LogP) is 2.65. The van der Waals surface area contributed by atoms with Crippen molar-refractivity contribution >= 4 is 21.4 Å². The number of carbonyl (C=O) groups excluding carboxylic acids is 1. The third-order valence-corrected chi connectivity index (χ3v) is 5.09. The van der Waals surface area contributed by atoms with Gasteiger partial charge in [0.1, 0.15) is 18.2 Å². The van der Waals surface area contributed by atoms with E-state index in [4.69, 9.17) is 4.74 Å². The van der Waals surface area contributed by atoms with Gasteiger partial charge in [0, 0.05) is 31.4 Å². The van der Waals surface area contributed by atoms with Gasteiger partial charge in [0.25, 0.3) is 5.91 Å². The Kier molecular flexibility index (Phi) is 5.27. The van der Waals surface area contributed by atoms with Gasteiger partial charge in [-0.05, 0) is 36.4 Å². The first-order chi connectivity index (χ1) is 12.8. The van der Waals surface area contributed by atoms with E-state index >= 15 is 0 Å². The number of imidazole rings is 1. The second-order valence-corrected chi connectivity index (χ2v) is 7.97. The van der Waals surface area contributed by atoms with Crippen LogP contribution in [-0.4, -0.2) is 30.1 Å². The molecule has 0 aliphatic carbocycles. The molecule has 0 bridgehead atoms. The van der Waals surface area contributed by atoms with Gasteiger partial charge in [-0.2, -0.15) is 0 Å².